The first-order valence-electron chi connectivity index (χ1n) is 12.9. The van der Waals surface area contributed by atoms with Crippen LogP contribution in [0.1, 0.15) is 24.2 Å². The lowest BCUT2D eigenvalue weighted by atomic mass is 9.88. The fourth-order valence-electron chi connectivity index (χ4n) is 4.71. The van der Waals surface area contributed by atoms with Gasteiger partial charge in [-0.3, -0.25) is 9.97 Å². The van der Waals surface area contributed by atoms with Crippen molar-refractivity contribution >= 4 is 23.2 Å². The van der Waals surface area contributed by atoms with E-state index in [1.807, 2.05) is 43.4 Å². The SMILES string of the molecule is CNCc1ncc(-c2cccc(-c3cccc(-c4cnc(CNC5CC(F)(F)C5)c(OC)n4)c3Cl)c2Cl)nc1OC. The van der Waals surface area contributed by atoms with Gasteiger partial charge in [-0.2, -0.15) is 0 Å². The first-order chi connectivity index (χ1) is 19.7. The highest BCUT2D eigenvalue weighted by Crippen LogP contribution is 2.42. The third-order valence-electron chi connectivity index (χ3n) is 6.84. The fourth-order valence-corrected chi connectivity index (χ4v) is 5.36. The van der Waals surface area contributed by atoms with Crippen LogP contribution in [0.15, 0.2) is 48.8 Å². The third-order valence-corrected chi connectivity index (χ3v) is 7.66. The average Bonchev–Trinajstić information content (AvgIpc) is 2.96. The van der Waals surface area contributed by atoms with Crippen molar-refractivity contribution in [1.29, 1.82) is 0 Å². The zero-order valence-corrected chi connectivity index (χ0v) is 24.2. The van der Waals surface area contributed by atoms with Crippen LogP contribution in [0, 0.1) is 0 Å². The molecule has 2 N–H and O–H groups in total. The number of hydrogen-bond acceptors (Lipinski definition) is 8. The van der Waals surface area contributed by atoms with E-state index in [1.165, 1.54) is 7.11 Å². The van der Waals surface area contributed by atoms with E-state index >= 15 is 0 Å². The second kappa shape index (κ2) is 12.2. The lowest BCUT2D eigenvalue weighted by Crippen LogP contribution is -2.48. The van der Waals surface area contributed by atoms with Gasteiger partial charge in [0.15, 0.2) is 0 Å². The highest BCUT2D eigenvalue weighted by molar-refractivity contribution is 6.39. The van der Waals surface area contributed by atoms with Gasteiger partial charge in [-0.25, -0.2) is 18.7 Å². The normalized spacial score (nSPS) is 14.5. The number of hydrogen-bond donors (Lipinski definition) is 2. The molecule has 2 aromatic carbocycles. The summed E-state index contributed by atoms with van der Waals surface area (Å²) in [5, 5.41) is 7.01. The van der Waals surface area contributed by atoms with Crippen LogP contribution in [0.4, 0.5) is 8.78 Å². The molecule has 41 heavy (non-hydrogen) atoms. The Balaban J connectivity index is 1.45. The van der Waals surface area contributed by atoms with E-state index in [2.05, 4.69) is 30.6 Å². The van der Waals surface area contributed by atoms with Crippen LogP contribution in [-0.2, 0) is 13.1 Å². The molecule has 2 heterocycles. The number of alkyl halides is 2. The average molecular weight is 601 g/mol. The quantitative estimate of drug-likeness (QED) is 0.222. The number of methoxy groups -OCH3 is 2. The molecule has 1 fully saturated rings. The lowest BCUT2D eigenvalue weighted by Gasteiger charge is -2.35. The number of halogens is 4. The number of benzene rings is 2. The first-order valence-corrected chi connectivity index (χ1v) is 13.6. The summed E-state index contributed by atoms with van der Waals surface area (Å²) in [6.45, 7) is 0.772. The predicted molar refractivity (Wildman–Crippen MR) is 155 cm³/mol. The minimum atomic E-state index is -2.60. The van der Waals surface area contributed by atoms with Gasteiger partial charge in [0, 0.05) is 54.2 Å². The Kier molecular flexibility index (Phi) is 8.65. The molecule has 0 amide bonds. The molecule has 0 aliphatic heterocycles. The van der Waals surface area contributed by atoms with Crippen LogP contribution in [0.2, 0.25) is 10.0 Å². The maximum Gasteiger partial charge on any atom is 0.251 e. The Morgan fingerprint density at radius 2 is 1.27 bits per heavy atom. The van der Waals surface area contributed by atoms with Crippen LogP contribution in [0.3, 0.4) is 0 Å². The minimum absolute atomic E-state index is 0.186. The molecule has 0 spiro atoms. The molecule has 5 rings (SSSR count). The van der Waals surface area contributed by atoms with E-state index in [4.69, 9.17) is 32.7 Å². The van der Waals surface area contributed by atoms with Crippen molar-refractivity contribution in [3.05, 3.63) is 70.2 Å². The van der Waals surface area contributed by atoms with E-state index in [1.54, 1.807) is 19.5 Å². The molecule has 214 valence electrons. The maximum absolute atomic E-state index is 13.2. The molecule has 1 aliphatic rings. The highest BCUT2D eigenvalue weighted by Gasteiger charge is 2.45. The van der Waals surface area contributed by atoms with Gasteiger partial charge in [-0.05, 0) is 7.05 Å². The van der Waals surface area contributed by atoms with Crippen LogP contribution in [0.25, 0.3) is 33.6 Å². The molecule has 2 aromatic heterocycles. The van der Waals surface area contributed by atoms with Gasteiger partial charge >= 0.3 is 0 Å². The van der Waals surface area contributed by atoms with Gasteiger partial charge < -0.3 is 20.1 Å². The third kappa shape index (κ3) is 6.11. The Bertz CT molecular complexity index is 1560. The zero-order chi connectivity index (χ0) is 29.1. The topological polar surface area (TPSA) is 94.1 Å². The lowest BCUT2D eigenvalue weighted by molar-refractivity contribution is -0.0930. The van der Waals surface area contributed by atoms with Crippen molar-refractivity contribution in [3.63, 3.8) is 0 Å². The Morgan fingerprint density at radius 1 is 0.805 bits per heavy atom. The van der Waals surface area contributed by atoms with Crippen molar-refractivity contribution in [2.24, 2.45) is 0 Å². The zero-order valence-electron chi connectivity index (χ0n) is 22.6. The van der Waals surface area contributed by atoms with Crippen molar-refractivity contribution < 1.29 is 18.3 Å². The Morgan fingerprint density at radius 3 is 1.71 bits per heavy atom. The number of aromatic nitrogens is 4. The monoisotopic (exact) mass is 600 g/mol. The van der Waals surface area contributed by atoms with Crippen LogP contribution in [0.5, 0.6) is 11.8 Å². The van der Waals surface area contributed by atoms with E-state index in [-0.39, 0.29) is 31.3 Å². The van der Waals surface area contributed by atoms with E-state index < -0.39 is 5.92 Å². The maximum atomic E-state index is 13.2. The summed E-state index contributed by atoms with van der Waals surface area (Å²) in [5.41, 5.74) is 4.97. The van der Waals surface area contributed by atoms with Gasteiger partial charge in [0.25, 0.3) is 5.92 Å². The van der Waals surface area contributed by atoms with Gasteiger partial charge in [0.1, 0.15) is 11.4 Å². The minimum Gasteiger partial charge on any atom is -0.480 e. The van der Waals surface area contributed by atoms with Crippen LogP contribution in [-0.4, -0.2) is 53.2 Å². The summed E-state index contributed by atoms with van der Waals surface area (Å²) in [4.78, 5) is 18.2. The summed E-state index contributed by atoms with van der Waals surface area (Å²) >= 11 is 13.9. The van der Waals surface area contributed by atoms with E-state index in [0.29, 0.717) is 67.5 Å². The molecule has 4 aromatic rings. The number of rotatable bonds is 10. The number of nitrogens with zero attached hydrogens (tertiary/aromatic N) is 4. The summed E-state index contributed by atoms with van der Waals surface area (Å²) < 4.78 is 37.2. The summed E-state index contributed by atoms with van der Waals surface area (Å²) in [7, 11) is 4.86. The van der Waals surface area contributed by atoms with Crippen molar-refractivity contribution in [2.75, 3.05) is 21.3 Å². The van der Waals surface area contributed by atoms with Gasteiger partial charge in [0.05, 0.1) is 48.0 Å². The fraction of sp³-hybridized carbons (Fsp3) is 0.310. The Hall–Kier alpha value is -3.44. The summed E-state index contributed by atoms with van der Waals surface area (Å²) in [6, 6.07) is 10.9. The second-order valence-electron chi connectivity index (χ2n) is 9.63. The molecular weight excluding hydrogens is 573 g/mol. The van der Waals surface area contributed by atoms with Gasteiger partial charge in [-0.1, -0.05) is 59.6 Å². The Labute approximate surface area is 246 Å². The molecule has 0 unspecified atom stereocenters. The van der Waals surface area contributed by atoms with Crippen molar-refractivity contribution in [2.45, 2.75) is 37.9 Å². The molecule has 0 radical (unpaired) electrons. The number of ether oxygens (including phenoxy) is 2. The van der Waals surface area contributed by atoms with Gasteiger partial charge in [0.2, 0.25) is 11.8 Å². The molecule has 1 aliphatic carbocycles. The highest BCUT2D eigenvalue weighted by atomic mass is 35.5. The standard InChI is InChI=1S/C29H28Cl2F2N6O2/c1-34-12-23-27(40-2)38-21(13-36-23)19-8-4-6-17(25(19)30)18-7-5-9-20(26(18)31)22-14-37-24(28(39-22)41-3)15-35-16-10-29(32,33)11-16/h4-9,13-14,16,34-35H,10-12,15H2,1-3H3. The van der Waals surface area contributed by atoms with Crippen molar-refractivity contribution in [1.82, 2.24) is 30.6 Å². The van der Waals surface area contributed by atoms with E-state index in [9.17, 15) is 8.78 Å². The molecular formula is C29H28Cl2F2N6O2. The largest absolute Gasteiger partial charge is 0.480 e. The molecule has 0 bridgehead atoms. The van der Waals surface area contributed by atoms with Crippen LogP contribution < -0.4 is 20.1 Å². The van der Waals surface area contributed by atoms with E-state index in [0.717, 1.165) is 0 Å². The van der Waals surface area contributed by atoms with Crippen LogP contribution >= 0.6 is 23.2 Å². The second-order valence-corrected chi connectivity index (χ2v) is 10.4. The smallest absolute Gasteiger partial charge is 0.251 e. The summed E-state index contributed by atoms with van der Waals surface area (Å²) in [5.74, 6) is -1.90. The van der Waals surface area contributed by atoms with Crippen molar-refractivity contribution in [3.8, 4) is 45.4 Å². The first kappa shape index (κ1) is 29.1. The molecule has 12 heteroatoms. The molecule has 1 saturated carbocycles. The molecule has 0 atom stereocenters. The van der Waals surface area contributed by atoms with Gasteiger partial charge in [-0.15, -0.1) is 0 Å². The molecule has 8 nitrogen and oxygen atoms in total. The summed E-state index contributed by atoms with van der Waals surface area (Å²) in [6.07, 6.45) is 2.88. The number of nitrogens with one attached hydrogen (secondary N) is 2. The molecule has 0 saturated heterocycles. The predicted octanol–water partition coefficient (Wildman–Crippen LogP) is 6.20.